The van der Waals surface area contributed by atoms with Crippen LogP contribution in [0.1, 0.15) is 18.1 Å². The number of anilines is 2. The largest absolute Gasteiger partial charge is 0.344 e. The maximum Gasteiger partial charge on any atom is 0.0547 e. The summed E-state index contributed by atoms with van der Waals surface area (Å²) in [7, 11) is 2.20. The molecule has 0 saturated carbocycles. The van der Waals surface area contributed by atoms with Crippen molar-refractivity contribution in [1.29, 1.82) is 0 Å². The first-order valence-electron chi connectivity index (χ1n) is 18.4. The van der Waals surface area contributed by atoms with Gasteiger partial charge in [0.1, 0.15) is 0 Å². The van der Waals surface area contributed by atoms with Crippen molar-refractivity contribution in [3.8, 4) is 16.8 Å². The highest BCUT2D eigenvalue weighted by atomic mass is 15.1. The van der Waals surface area contributed by atoms with Crippen LogP contribution in [0.15, 0.2) is 182 Å². The van der Waals surface area contributed by atoms with Crippen LogP contribution in [0.4, 0.5) is 11.4 Å². The lowest BCUT2D eigenvalue weighted by Gasteiger charge is -2.25. The van der Waals surface area contributed by atoms with Crippen LogP contribution in [0.5, 0.6) is 0 Å². The van der Waals surface area contributed by atoms with Crippen LogP contribution in [0.2, 0.25) is 0 Å². The van der Waals surface area contributed by atoms with E-state index in [0.29, 0.717) is 0 Å². The van der Waals surface area contributed by atoms with Crippen LogP contribution in [0.3, 0.4) is 0 Å². The second-order valence-electron chi connectivity index (χ2n) is 13.9. The summed E-state index contributed by atoms with van der Waals surface area (Å²) < 4.78 is 2.39. The molecule has 0 N–H and O–H groups in total. The van der Waals surface area contributed by atoms with E-state index >= 15 is 0 Å². The Labute approximate surface area is 310 Å². The standard InChI is InChI=1S/C45H34N2.C6H6/c1-4-9-30-16-23-39-38-13-5-6-15-41(38)47(43(39)26-30)36-21-19-31(20-22-36)35-24-29(2)25-37(27-35)46(3)42-28-34-12-7-10-32-17-18-33-11-8-14-40(42)45(33)44(32)34;1-2-4-6-5-3-1/h4-28H,1-3H3;1-6H/b9-4+;. The van der Waals surface area contributed by atoms with Crippen molar-refractivity contribution in [3.05, 3.63) is 193 Å². The predicted molar refractivity (Wildman–Crippen MR) is 230 cm³/mol. The first kappa shape index (κ1) is 32.3. The quantitative estimate of drug-likeness (QED) is 0.164. The Hall–Kier alpha value is -6.64. The van der Waals surface area contributed by atoms with Crippen molar-refractivity contribution in [2.24, 2.45) is 0 Å². The summed E-state index contributed by atoms with van der Waals surface area (Å²) >= 11 is 0. The molecule has 0 amide bonds. The highest BCUT2D eigenvalue weighted by Gasteiger charge is 2.17. The van der Waals surface area contributed by atoms with Crippen molar-refractivity contribution >= 4 is 71.6 Å². The number of aryl methyl sites for hydroxylation is 1. The number of fused-ring (bicyclic) bond motifs is 3. The number of benzene rings is 9. The predicted octanol–water partition coefficient (Wildman–Crippen LogP) is 14.1. The average molecular weight is 681 g/mol. The lowest BCUT2D eigenvalue weighted by Crippen LogP contribution is -2.10. The molecule has 10 rings (SSSR count). The number of allylic oxidation sites excluding steroid dienone is 1. The molecule has 0 unspecified atom stereocenters. The Balaban J connectivity index is 0.000000567. The Kier molecular flexibility index (Phi) is 8.21. The molecule has 254 valence electrons. The van der Waals surface area contributed by atoms with Crippen molar-refractivity contribution in [1.82, 2.24) is 4.57 Å². The van der Waals surface area contributed by atoms with Gasteiger partial charge >= 0.3 is 0 Å². The summed E-state index contributed by atoms with van der Waals surface area (Å²) in [6.07, 6.45) is 4.26. The summed E-state index contributed by atoms with van der Waals surface area (Å²) in [6.45, 7) is 4.26. The van der Waals surface area contributed by atoms with Crippen molar-refractivity contribution in [2.45, 2.75) is 13.8 Å². The second-order valence-corrected chi connectivity index (χ2v) is 13.9. The molecule has 0 aliphatic heterocycles. The summed E-state index contributed by atoms with van der Waals surface area (Å²) in [5.74, 6) is 0. The normalized spacial score (nSPS) is 11.6. The molecule has 0 aliphatic carbocycles. The highest BCUT2D eigenvalue weighted by molar-refractivity contribution is 6.26. The van der Waals surface area contributed by atoms with Gasteiger partial charge in [-0.2, -0.15) is 0 Å². The Bertz CT molecular complexity index is 2890. The fourth-order valence-corrected chi connectivity index (χ4v) is 8.03. The molecule has 53 heavy (non-hydrogen) atoms. The van der Waals surface area contributed by atoms with Crippen molar-refractivity contribution in [2.75, 3.05) is 11.9 Å². The zero-order chi connectivity index (χ0) is 35.9. The van der Waals surface area contributed by atoms with Gasteiger partial charge in [-0.15, -0.1) is 0 Å². The third-order valence-electron chi connectivity index (χ3n) is 10.5. The van der Waals surface area contributed by atoms with Gasteiger partial charge in [0.15, 0.2) is 0 Å². The van der Waals surface area contributed by atoms with Crippen LogP contribution in [-0.2, 0) is 0 Å². The highest BCUT2D eigenvalue weighted by Crippen LogP contribution is 2.42. The zero-order valence-corrected chi connectivity index (χ0v) is 30.3. The van der Waals surface area contributed by atoms with Crippen molar-refractivity contribution in [3.63, 3.8) is 0 Å². The third-order valence-corrected chi connectivity index (χ3v) is 10.5. The van der Waals surface area contributed by atoms with E-state index in [0.717, 1.165) is 5.69 Å². The van der Waals surface area contributed by atoms with Gasteiger partial charge in [0.05, 0.1) is 11.0 Å². The van der Waals surface area contributed by atoms with E-state index in [1.54, 1.807) is 0 Å². The van der Waals surface area contributed by atoms with Crippen LogP contribution in [0, 0.1) is 6.92 Å². The molecule has 0 fully saturated rings. The number of rotatable bonds is 5. The monoisotopic (exact) mass is 680 g/mol. The van der Waals surface area contributed by atoms with E-state index in [1.165, 1.54) is 87.8 Å². The Morgan fingerprint density at radius 3 is 1.91 bits per heavy atom. The van der Waals surface area contributed by atoms with Crippen LogP contribution < -0.4 is 4.90 Å². The Morgan fingerprint density at radius 1 is 0.491 bits per heavy atom. The van der Waals surface area contributed by atoms with Gasteiger partial charge in [0.25, 0.3) is 0 Å². The SMILES string of the molecule is C/C=C/c1ccc2c3ccccc3n(-c3ccc(-c4cc(C)cc(N(C)c5cc6cccc7ccc8cccc5c8c76)c4)cc3)c2c1.c1ccccc1. The summed E-state index contributed by atoms with van der Waals surface area (Å²) in [5, 5.41) is 10.4. The van der Waals surface area contributed by atoms with Gasteiger partial charge in [-0.1, -0.05) is 146 Å². The second kappa shape index (κ2) is 13.5. The first-order valence-corrected chi connectivity index (χ1v) is 18.4. The minimum absolute atomic E-state index is 1.16. The maximum atomic E-state index is 2.39. The number of hydrogen-bond acceptors (Lipinski definition) is 1. The van der Waals surface area contributed by atoms with E-state index < -0.39 is 0 Å². The molecular weight excluding hydrogens is 641 g/mol. The van der Waals surface area contributed by atoms with E-state index in [1.807, 2.05) is 36.4 Å². The molecule has 0 radical (unpaired) electrons. The van der Waals surface area contributed by atoms with Gasteiger partial charge < -0.3 is 9.47 Å². The maximum absolute atomic E-state index is 2.39. The number of para-hydroxylation sites is 1. The molecule has 0 bridgehead atoms. The molecule has 0 atom stereocenters. The Morgan fingerprint density at radius 2 is 1.15 bits per heavy atom. The first-order chi connectivity index (χ1) is 26.1. The molecule has 10 aromatic rings. The molecule has 9 aromatic carbocycles. The van der Waals surface area contributed by atoms with E-state index in [9.17, 15) is 0 Å². The molecule has 1 heterocycles. The molecular formula is C51H40N2. The third kappa shape index (κ3) is 5.79. The van der Waals surface area contributed by atoms with Gasteiger partial charge in [0.2, 0.25) is 0 Å². The number of aromatic nitrogens is 1. The van der Waals surface area contributed by atoms with Crippen LogP contribution in [-0.4, -0.2) is 11.6 Å². The summed E-state index contributed by atoms with van der Waals surface area (Å²) in [6, 6.07) is 63.6. The van der Waals surface area contributed by atoms with E-state index in [-0.39, 0.29) is 0 Å². The van der Waals surface area contributed by atoms with Crippen molar-refractivity contribution < 1.29 is 0 Å². The molecule has 2 heteroatoms. The van der Waals surface area contributed by atoms with Crippen LogP contribution in [0.25, 0.3) is 77.0 Å². The lowest BCUT2D eigenvalue weighted by atomic mass is 9.93. The average Bonchev–Trinajstić information content (AvgIpc) is 3.54. The summed E-state index contributed by atoms with van der Waals surface area (Å²) in [4.78, 5) is 2.36. The fraction of sp³-hybridized carbons (Fsp3) is 0.0588. The van der Waals surface area contributed by atoms with E-state index in [4.69, 9.17) is 0 Å². The lowest BCUT2D eigenvalue weighted by molar-refractivity contribution is 1.18. The number of hydrogen-bond donors (Lipinski definition) is 0. The zero-order valence-electron chi connectivity index (χ0n) is 30.3. The van der Waals surface area contributed by atoms with Gasteiger partial charge in [0, 0.05) is 40.3 Å². The molecule has 0 saturated heterocycles. The van der Waals surface area contributed by atoms with Gasteiger partial charge in [-0.05, 0) is 105 Å². The molecule has 0 aliphatic rings. The number of nitrogens with zero attached hydrogens (tertiary/aromatic N) is 2. The molecule has 2 nitrogen and oxygen atoms in total. The van der Waals surface area contributed by atoms with Gasteiger partial charge in [-0.3, -0.25) is 0 Å². The molecule has 0 spiro atoms. The smallest absolute Gasteiger partial charge is 0.0547 e. The minimum atomic E-state index is 1.16. The summed E-state index contributed by atoms with van der Waals surface area (Å²) in [5.41, 5.74) is 10.9. The topological polar surface area (TPSA) is 8.17 Å². The van der Waals surface area contributed by atoms with Crippen LogP contribution >= 0.6 is 0 Å². The fourth-order valence-electron chi connectivity index (χ4n) is 8.03. The minimum Gasteiger partial charge on any atom is -0.344 e. The van der Waals surface area contributed by atoms with E-state index in [2.05, 4.69) is 182 Å². The molecule has 1 aromatic heterocycles. The van der Waals surface area contributed by atoms with Gasteiger partial charge in [-0.25, -0.2) is 0 Å².